The lowest BCUT2D eigenvalue weighted by Crippen LogP contribution is -2.52. The van der Waals surface area contributed by atoms with Crippen LogP contribution in [0.15, 0.2) is 36.8 Å². The van der Waals surface area contributed by atoms with Crippen molar-refractivity contribution >= 4 is 34.9 Å². The number of hydrogen-bond acceptors (Lipinski definition) is 5. The number of carbonyl (C=O) groups is 1. The van der Waals surface area contributed by atoms with Gasteiger partial charge in [-0.05, 0) is 19.1 Å². The summed E-state index contributed by atoms with van der Waals surface area (Å²) in [5.74, 6) is 1.16. The van der Waals surface area contributed by atoms with Crippen LogP contribution in [0.4, 0.5) is 5.82 Å². The largest absolute Gasteiger partial charge is 0.479 e. The molecule has 1 aliphatic rings. The van der Waals surface area contributed by atoms with Crippen molar-refractivity contribution in [3.05, 3.63) is 46.8 Å². The van der Waals surface area contributed by atoms with Gasteiger partial charge >= 0.3 is 0 Å². The molecule has 0 bridgehead atoms. The molecule has 0 radical (unpaired) electrons. The number of hydrogen-bond donors (Lipinski definition) is 0. The number of amides is 1. The monoisotopic (exact) mass is 380 g/mol. The maximum Gasteiger partial charge on any atom is 0.263 e. The van der Waals surface area contributed by atoms with Crippen LogP contribution in [-0.2, 0) is 4.79 Å². The molecule has 1 unspecified atom stereocenters. The Bertz CT molecular complexity index is 737. The average molecular weight is 381 g/mol. The number of carbonyl (C=O) groups excluding carboxylic acids is 1. The molecule has 2 aromatic rings. The summed E-state index contributed by atoms with van der Waals surface area (Å²) in [5.41, 5.74) is 0. The molecule has 6 nitrogen and oxygen atoms in total. The van der Waals surface area contributed by atoms with Crippen LogP contribution in [0.25, 0.3) is 0 Å². The van der Waals surface area contributed by atoms with Gasteiger partial charge in [0.2, 0.25) is 0 Å². The van der Waals surface area contributed by atoms with Crippen LogP contribution in [0, 0.1) is 0 Å². The van der Waals surface area contributed by atoms with Crippen LogP contribution in [0.5, 0.6) is 5.75 Å². The minimum Gasteiger partial charge on any atom is -0.479 e. The first kappa shape index (κ1) is 17.8. The smallest absolute Gasteiger partial charge is 0.263 e. The summed E-state index contributed by atoms with van der Waals surface area (Å²) in [6, 6.07) is 5.11. The fourth-order valence-corrected chi connectivity index (χ4v) is 3.02. The first-order valence-electron chi connectivity index (χ1n) is 7.96. The Morgan fingerprint density at radius 1 is 1.20 bits per heavy atom. The zero-order valence-corrected chi connectivity index (χ0v) is 15.2. The lowest BCUT2D eigenvalue weighted by Gasteiger charge is -2.36. The molecule has 25 heavy (non-hydrogen) atoms. The highest BCUT2D eigenvalue weighted by atomic mass is 35.5. The molecule has 1 aromatic heterocycles. The summed E-state index contributed by atoms with van der Waals surface area (Å²) in [6.07, 6.45) is 4.39. The van der Waals surface area contributed by atoms with Gasteiger partial charge in [0.05, 0.1) is 11.2 Å². The van der Waals surface area contributed by atoms with Crippen LogP contribution in [0.3, 0.4) is 0 Å². The second kappa shape index (κ2) is 7.89. The van der Waals surface area contributed by atoms with Gasteiger partial charge in [-0.2, -0.15) is 0 Å². The Hall–Kier alpha value is -2.05. The Morgan fingerprint density at radius 3 is 2.64 bits per heavy atom. The van der Waals surface area contributed by atoms with Crippen molar-refractivity contribution in [3.8, 4) is 5.75 Å². The Morgan fingerprint density at radius 2 is 1.96 bits per heavy atom. The van der Waals surface area contributed by atoms with Crippen molar-refractivity contribution in [2.75, 3.05) is 31.1 Å². The number of anilines is 1. The van der Waals surface area contributed by atoms with E-state index in [9.17, 15) is 4.79 Å². The minimum atomic E-state index is -0.640. The van der Waals surface area contributed by atoms with Gasteiger partial charge in [0, 0.05) is 38.6 Å². The fourth-order valence-electron chi connectivity index (χ4n) is 2.68. The van der Waals surface area contributed by atoms with Crippen molar-refractivity contribution in [1.29, 1.82) is 0 Å². The van der Waals surface area contributed by atoms with Crippen LogP contribution >= 0.6 is 23.2 Å². The van der Waals surface area contributed by atoms with E-state index in [1.807, 2.05) is 0 Å². The molecule has 0 N–H and O–H groups in total. The van der Waals surface area contributed by atoms with E-state index < -0.39 is 6.10 Å². The number of halogens is 2. The maximum atomic E-state index is 12.6. The molecule has 1 fully saturated rings. The van der Waals surface area contributed by atoms with Crippen molar-refractivity contribution in [3.63, 3.8) is 0 Å². The molecule has 1 aromatic carbocycles. The normalized spacial score (nSPS) is 15.8. The number of ether oxygens (including phenoxy) is 1. The van der Waals surface area contributed by atoms with E-state index >= 15 is 0 Å². The van der Waals surface area contributed by atoms with Gasteiger partial charge in [0.1, 0.15) is 16.6 Å². The van der Waals surface area contributed by atoms with Crippen molar-refractivity contribution in [2.45, 2.75) is 13.0 Å². The summed E-state index contributed by atoms with van der Waals surface area (Å²) in [5, 5.41) is 0.715. The molecule has 0 spiro atoms. The minimum absolute atomic E-state index is 0.0742. The highest BCUT2D eigenvalue weighted by Gasteiger charge is 2.27. The summed E-state index contributed by atoms with van der Waals surface area (Å²) >= 11 is 12.1. The quantitative estimate of drug-likeness (QED) is 0.815. The van der Waals surface area contributed by atoms with Gasteiger partial charge in [0.25, 0.3) is 5.91 Å². The van der Waals surface area contributed by atoms with Crippen LogP contribution in [-0.4, -0.2) is 53.1 Å². The molecule has 132 valence electrons. The second-order valence-corrected chi connectivity index (χ2v) is 6.47. The van der Waals surface area contributed by atoms with Crippen molar-refractivity contribution < 1.29 is 9.53 Å². The van der Waals surface area contributed by atoms with E-state index in [4.69, 9.17) is 27.9 Å². The fraction of sp³-hybridized carbons (Fsp3) is 0.353. The predicted molar refractivity (Wildman–Crippen MR) is 97.4 cm³/mol. The summed E-state index contributed by atoms with van der Waals surface area (Å²) in [4.78, 5) is 24.9. The SMILES string of the molecule is CC(Oc1cccc(Cl)c1Cl)C(=O)N1CCN(c2cnccn2)CC1. The van der Waals surface area contributed by atoms with Crippen LogP contribution < -0.4 is 9.64 Å². The number of aromatic nitrogens is 2. The molecule has 1 atom stereocenters. The highest BCUT2D eigenvalue weighted by Crippen LogP contribution is 2.32. The third-order valence-electron chi connectivity index (χ3n) is 4.03. The van der Waals surface area contributed by atoms with Crippen LogP contribution in [0.2, 0.25) is 10.0 Å². The first-order chi connectivity index (χ1) is 12.1. The maximum absolute atomic E-state index is 12.6. The predicted octanol–water partition coefficient (Wildman–Crippen LogP) is 2.90. The van der Waals surface area contributed by atoms with E-state index in [0.717, 1.165) is 5.82 Å². The zero-order chi connectivity index (χ0) is 17.8. The lowest BCUT2D eigenvalue weighted by molar-refractivity contribution is -0.138. The summed E-state index contributed by atoms with van der Waals surface area (Å²) in [6.45, 7) is 4.33. The van der Waals surface area contributed by atoms with Gasteiger partial charge in [-0.1, -0.05) is 29.3 Å². The van der Waals surface area contributed by atoms with E-state index in [1.54, 1.807) is 48.6 Å². The van der Waals surface area contributed by atoms with Crippen molar-refractivity contribution in [1.82, 2.24) is 14.9 Å². The Labute approximate surface area is 156 Å². The molecule has 1 amide bonds. The molecular weight excluding hydrogens is 363 g/mol. The summed E-state index contributed by atoms with van der Waals surface area (Å²) in [7, 11) is 0. The van der Waals surface area contributed by atoms with Crippen LogP contribution in [0.1, 0.15) is 6.92 Å². The van der Waals surface area contributed by atoms with E-state index in [1.165, 1.54) is 0 Å². The number of rotatable bonds is 4. The molecule has 3 rings (SSSR count). The average Bonchev–Trinajstić information content (AvgIpc) is 2.65. The molecule has 1 saturated heterocycles. The standard InChI is InChI=1S/C17H18Cl2N4O2/c1-12(25-14-4-2-3-13(18)16(14)19)17(24)23-9-7-22(8-10-23)15-11-20-5-6-21-15/h2-6,11-12H,7-10H2,1H3. The Balaban J connectivity index is 1.58. The second-order valence-electron chi connectivity index (χ2n) is 5.69. The van der Waals surface area contributed by atoms with Gasteiger partial charge in [0.15, 0.2) is 6.10 Å². The Kier molecular flexibility index (Phi) is 5.60. The molecule has 8 heteroatoms. The zero-order valence-electron chi connectivity index (χ0n) is 13.7. The van der Waals surface area contributed by atoms with E-state index in [2.05, 4.69) is 14.9 Å². The highest BCUT2D eigenvalue weighted by molar-refractivity contribution is 6.42. The van der Waals surface area contributed by atoms with Gasteiger partial charge in [-0.3, -0.25) is 9.78 Å². The van der Waals surface area contributed by atoms with Gasteiger partial charge in [-0.15, -0.1) is 0 Å². The number of piperazine rings is 1. The molecule has 2 heterocycles. The summed E-state index contributed by atoms with van der Waals surface area (Å²) < 4.78 is 5.71. The van der Waals surface area contributed by atoms with E-state index in [-0.39, 0.29) is 5.91 Å². The molecule has 0 saturated carbocycles. The lowest BCUT2D eigenvalue weighted by atomic mass is 10.2. The van der Waals surface area contributed by atoms with Gasteiger partial charge < -0.3 is 14.5 Å². The topological polar surface area (TPSA) is 58.6 Å². The molecule has 0 aliphatic carbocycles. The number of benzene rings is 1. The van der Waals surface area contributed by atoms with E-state index in [0.29, 0.717) is 42.0 Å². The third kappa shape index (κ3) is 4.14. The molecule has 1 aliphatic heterocycles. The first-order valence-corrected chi connectivity index (χ1v) is 8.72. The number of nitrogens with zero attached hydrogens (tertiary/aromatic N) is 4. The van der Waals surface area contributed by atoms with Gasteiger partial charge in [-0.25, -0.2) is 4.98 Å². The molecular formula is C17H18Cl2N4O2. The third-order valence-corrected chi connectivity index (χ3v) is 4.83. The van der Waals surface area contributed by atoms with Crippen molar-refractivity contribution in [2.24, 2.45) is 0 Å².